The standard InChI is InChI=1S/C16H23N3OSi/c1-21(2,3)14-9-7-13(8-10-14)12-19-16(20)18-11-5-4-6-15(18)17-19/h7-10H,4-6,11-12H2,1-3H3. The summed E-state index contributed by atoms with van der Waals surface area (Å²) in [7, 11) is -1.26. The fourth-order valence-corrected chi connectivity index (χ4v) is 4.00. The van der Waals surface area contributed by atoms with E-state index in [1.807, 2.05) is 4.57 Å². The number of aryl methyl sites for hydroxylation is 1. The molecule has 21 heavy (non-hydrogen) atoms. The number of fused-ring (bicyclic) bond motifs is 1. The molecule has 2 heterocycles. The Hall–Kier alpha value is -1.62. The molecule has 5 heteroatoms. The van der Waals surface area contributed by atoms with Crippen LogP contribution in [0, 0.1) is 0 Å². The maximum Gasteiger partial charge on any atom is 0.346 e. The average molecular weight is 301 g/mol. The first-order valence-corrected chi connectivity index (χ1v) is 11.2. The maximum atomic E-state index is 12.3. The summed E-state index contributed by atoms with van der Waals surface area (Å²) in [5.74, 6) is 0.949. The summed E-state index contributed by atoms with van der Waals surface area (Å²) < 4.78 is 3.45. The molecule has 1 aromatic heterocycles. The van der Waals surface area contributed by atoms with Gasteiger partial charge >= 0.3 is 5.69 Å². The smallest absolute Gasteiger partial charge is 0.279 e. The predicted molar refractivity (Wildman–Crippen MR) is 87.9 cm³/mol. The molecule has 4 nitrogen and oxygen atoms in total. The van der Waals surface area contributed by atoms with E-state index >= 15 is 0 Å². The van der Waals surface area contributed by atoms with E-state index in [-0.39, 0.29) is 5.69 Å². The number of rotatable bonds is 3. The van der Waals surface area contributed by atoms with Crippen molar-refractivity contribution < 1.29 is 0 Å². The molecule has 0 radical (unpaired) electrons. The number of nitrogens with zero attached hydrogens (tertiary/aromatic N) is 3. The van der Waals surface area contributed by atoms with Crippen LogP contribution in [0.15, 0.2) is 29.1 Å². The lowest BCUT2D eigenvalue weighted by Gasteiger charge is -2.16. The van der Waals surface area contributed by atoms with E-state index in [0.717, 1.165) is 37.2 Å². The van der Waals surface area contributed by atoms with Gasteiger partial charge in [0.25, 0.3) is 0 Å². The van der Waals surface area contributed by atoms with E-state index in [2.05, 4.69) is 49.0 Å². The minimum atomic E-state index is -1.26. The maximum absolute atomic E-state index is 12.3. The summed E-state index contributed by atoms with van der Waals surface area (Å²) in [6, 6.07) is 8.70. The Bertz CT molecular complexity index is 692. The van der Waals surface area contributed by atoms with Gasteiger partial charge in [-0.3, -0.25) is 4.57 Å². The van der Waals surface area contributed by atoms with Gasteiger partial charge < -0.3 is 0 Å². The molecule has 2 aromatic rings. The van der Waals surface area contributed by atoms with E-state index in [1.165, 1.54) is 5.19 Å². The first kappa shape index (κ1) is 14.3. The molecule has 0 N–H and O–H groups in total. The van der Waals surface area contributed by atoms with Gasteiger partial charge in [-0.15, -0.1) is 0 Å². The van der Waals surface area contributed by atoms with Crippen molar-refractivity contribution >= 4 is 13.3 Å². The monoisotopic (exact) mass is 301 g/mol. The Morgan fingerprint density at radius 3 is 2.48 bits per heavy atom. The van der Waals surface area contributed by atoms with Crippen LogP contribution in [0.4, 0.5) is 0 Å². The van der Waals surface area contributed by atoms with E-state index in [4.69, 9.17) is 0 Å². The molecule has 0 spiro atoms. The second kappa shape index (κ2) is 5.29. The molecular weight excluding hydrogens is 278 g/mol. The molecule has 0 aliphatic carbocycles. The Kier molecular flexibility index (Phi) is 3.61. The molecule has 0 saturated carbocycles. The van der Waals surface area contributed by atoms with Gasteiger partial charge in [0.2, 0.25) is 0 Å². The van der Waals surface area contributed by atoms with Gasteiger partial charge in [-0.1, -0.05) is 49.1 Å². The Balaban J connectivity index is 1.84. The van der Waals surface area contributed by atoms with Crippen LogP contribution in [-0.4, -0.2) is 22.4 Å². The predicted octanol–water partition coefficient (Wildman–Crippen LogP) is 1.97. The third kappa shape index (κ3) is 2.88. The van der Waals surface area contributed by atoms with E-state index < -0.39 is 8.07 Å². The zero-order valence-corrected chi connectivity index (χ0v) is 14.1. The van der Waals surface area contributed by atoms with Crippen LogP contribution in [0.25, 0.3) is 0 Å². The lowest BCUT2D eigenvalue weighted by molar-refractivity contribution is 0.511. The number of benzene rings is 1. The van der Waals surface area contributed by atoms with Gasteiger partial charge in [-0.25, -0.2) is 9.48 Å². The highest BCUT2D eigenvalue weighted by atomic mass is 28.3. The van der Waals surface area contributed by atoms with Crippen molar-refractivity contribution in [1.29, 1.82) is 0 Å². The van der Waals surface area contributed by atoms with Crippen molar-refractivity contribution in [3.63, 3.8) is 0 Å². The molecule has 0 saturated heterocycles. The van der Waals surface area contributed by atoms with Gasteiger partial charge in [0.05, 0.1) is 14.6 Å². The molecule has 1 aliphatic heterocycles. The molecule has 0 amide bonds. The number of hydrogen-bond acceptors (Lipinski definition) is 2. The van der Waals surface area contributed by atoms with Crippen molar-refractivity contribution in [2.45, 2.75) is 52.0 Å². The zero-order valence-electron chi connectivity index (χ0n) is 13.1. The van der Waals surface area contributed by atoms with Gasteiger partial charge in [-0.2, -0.15) is 5.10 Å². The van der Waals surface area contributed by atoms with Crippen molar-refractivity contribution in [3.05, 3.63) is 46.1 Å². The largest absolute Gasteiger partial charge is 0.346 e. The highest BCUT2D eigenvalue weighted by Crippen LogP contribution is 2.10. The first-order chi connectivity index (χ1) is 9.95. The molecule has 0 fully saturated rings. The minimum Gasteiger partial charge on any atom is -0.279 e. The molecule has 3 rings (SSSR count). The van der Waals surface area contributed by atoms with Crippen LogP contribution in [-0.2, 0) is 19.5 Å². The van der Waals surface area contributed by atoms with Crippen LogP contribution >= 0.6 is 0 Å². The van der Waals surface area contributed by atoms with Gasteiger partial charge in [0, 0.05) is 13.0 Å². The van der Waals surface area contributed by atoms with Crippen LogP contribution in [0.2, 0.25) is 19.6 Å². The zero-order chi connectivity index (χ0) is 15.0. The highest BCUT2D eigenvalue weighted by molar-refractivity contribution is 6.88. The van der Waals surface area contributed by atoms with Crippen molar-refractivity contribution in [2.75, 3.05) is 0 Å². The minimum absolute atomic E-state index is 0.0407. The third-order valence-corrected chi connectivity index (χ3v) is 6.25. The number of aromatic nitrogens is 3. The van der Waals surface area contributed by atoms with Crippen LogP contribution in [0.3, 0.4) is 0 Å². The Morgan fingerprint density at radius 2 is 1.86 bits per heavy atom. The molecule has 0 atom stereocenters. The third-order valence-electron chi connectivity index (χ3n) is 4.18. The van der Waals surface area contributed by atoms with Gasteiger partial charge in [-0.05, 0) is 18.4 Å². The Morgan fingerprint density at radius 1 is 1.14 bits per heavy atom. The number of hydrogen-bond donors (Lipinski definition) is 0. The topological polar surface area (TPSA) is 39.8 Å². The molecule has 1 aromatic carbocycles. The molecule has 112 valence electrons. The summed E-state index contributed by atoms with van der Waals surface area (Å²) in [4.78, 5) is 12.3. The second-order valence-electron chi connectivity index (χ2n) is 6.91. The van der Waals surface area contributed by atoms with Gasteiger partial charge in [0.1, 0.15) is 5.82 Å². The quantitative estimate of drug-likeness (QED) is 0.813. The van der Waals surface area contributed by atoms with Crippen LogP contribution in [0.1, 0.15) is 24.2 Å². The van der Waals surface area contributed by atoms with Crippen LogP contribution in [0.5, 0.6) is 0 Å². The molecular formula is C16H23N3OSi. The van der Waals surface area contributed by atoms with E-state index in [0.29, 0.717) is 6.54 Å². The summed E-state index contributed by atoms with van der Waals surface area (Å²) in [6.07, 6.45) is 3.15. The highest BCUT2D eigenvalue weighted by Gasteiger charge is 2.18. The normalized spacial score (nSPS) is 15.0. The second-order valence-corrected chi connectivity index (χ2v) is 12.0. The average Bonchev–Trinajstić information content (AvgIpc) is 2.76. The summed E-state index contributed by atoms with van der Waals surface area (Å²) in [6.45, 7) is 8.43. The van der Waals surface area contributed by atoms with Crippen molar-refractivity contribution in [2.24, 2.45) is 0 Å². The SMILES string of the molecule is C[Si](C)(C)c1ccc(Cn2nc3n(c2=O)CCCC3)cc1. The van der Waals surface area contributed by atoms with Crippen molar-refractivity contribution in [1.82, 2.24) is 14.3 Å². The van der Waals surface area contributed by atoms with Crippen LogP contribution < -0.4 is 10.9 Å². The lowest BCUT2D eigenvalue weighted by atomic mass is 10.2. The van der Waals surface area contributed by atoms with Gasteiger partial charge in [0.15, 0.2) is 0 Å². The molecule has 0 unspecified atom stereocenters. The Labute approximate surface area is 126 Å². The summed E-state index contributed by atoms with van der Waals surface area (Å²) in [5.41, 5.74) is 1.19. The van der Waals surface area contributed by atoms with E-state index in [1.54, 1.807) is 4.68 Å². The molecule has 0 bridgehead atoms. The molecule has 1 aliphatic rings. The summed E-state index contributed by atoms with van der Waals surface area (Å²) >= 11 is 0. The summed E-state index contributed by atoms with van der Waals surface area (Å²) in [5, 5.41) is 5.94. The lowest BCUT2D eigenvalue weighted by Crippen LogP contribution is -2.37. The van der Waals surface area contributed by atoms with Crippen molar-refractivity contribution in [3.8, 4) is 0 Å². The first-order valence-electron chi connectivity index (χ1n) is 7.71. The fourth-order valence-electron chi connectivity index (χ4n) is 2.83. The fraction of sp³-hybridized carbons (Fsp3) is 0.500. The van der Waals surface area contributed by atoms with E-state index in [9.17, 15) is 4.79 Å².